The Balaban J connectivity index is 1.86. The molecule has 132 valence electrons. The third-order valence-electron chi connectivity index (χ3n) is 4.57. The Labute approximate surface area is 143 Å². The van der Waals surface area contributed by atoms with Gasteiger partial charge in [0.2, 0.25) is 0 Å². The van der Waals surface area contributed by atoms with Crippen LogP contribution < -0.4 is 4.90 Å². The highest BCUT2D eigenvalue weighted by atomic mass is 19.4. The van der Waals surface area contributed by atoms with Gasteiger partial charge in [0.05, 0.1) is 17.2 Å². The second kappa shape index (κ2) is 6.75. The number of hydrogen-bond donors (Lipinski definition) is 0. The lowest BCUT2D eigenvalue weighted by molar-refractivity contribution is -0.137. The van der Waals surface area contributed by atoms with Crippen molar-refractivity contribution in [2.24, 2.45) is 0 Å². The van der Waals surface area contributed by atoms with Crippen LogP contribution in [0.3, 0.4) is 0 Å². The lowest BCUT2D eigenvalue weighted by Gasteiger charge is -2.34. The first-order valence-corrected chi connectivity index (χ1v) is 8.18. The van der Waals surface area contributed by atoms with Gasteiger partial charge >= 0.3 is 6.18 Å². The highest BCUT2D eigenvalue weighted by Gasteiger charge is 2.34. The van der Waals surface area contributed by atoms with E-state index in [2.05, 4.69) is 10.2 Å². The minimum atomic E-state index is -4.52. The molecule has 1 fully saturated rings. The average Bonchev–Trinajstić information content (AvgIpc) is 3.09. The van der Waals surface area contributed by atoms with Crippen molar-refractivity contribution in [3.05, 3.63) is 41.5 Å². The minimum Gasteiger partial charge on any atom is -0.371 e. The van der Waals surface area contributed by atoms with E-state index in [1.807, 2.05) is 16.4 Å². The molecule has 0 radical (unpaired) electrons. The zero-order valence-corrected chi connectivity index (χ0v) is 13.8. The summed E-state index contributed by atoms with van der Waals surface area (Å²) in [6.07, 6.45) is -0.961. The Morgan fingerprint density at radius 3 is 2.84 bits per heavy atom. The average molecular weight is 349 g/mol. The van der Waals surface area contributed by atoms with Crippen LogP contribution in [0.25, 0.3) is 0 Å². The molecular formula is C17H18F3N5. The molecule has 1 aliphatic rings. The van der Waals surface area contributed by atoms with Crippen molar-refractivity contribution in [1.82, 2.24) is 14.8 Å². The molecule has 1 aromatic carbocycles. The number of nitrogens with zero attached hydrogens (tertiary/aromatic N) is 5. The third kappa shape index (κ3) is 3.45. The molecule has 25 heavy (non-hydrogen) atoms. The molecule has 0 bridgehead atoms. The SMILES string of the molecule is CCn1cnnc1[C@@H]1CCCN(c2ccc(C(F)(F)F)c(C#N)c2)C1. The van der Waals surface area contributed by atoms with Gasteiger partial charge in [-0.3, -0.25) is 0 Å². The lowest BCUT2D eigenvalue weighted by Crippen LogP contribution is -2.35. The fraction of sp³-hybridized carbons (Fsp3) is 0.471. The summed E-state index contributed by atoms with van der Waals surface area (Å²) in [4.78, 5) is 2.02. The van der Waals surface area contributed by atoms with Crippen molar-refractivity contribution in [1.29, 1.82) is 5.26 Å². The fourth-order valence-electron chi connectivity index (χ4n) is 3.31. The summed E-state index contributed by atoms with van der Waals surface area (Å²) in [7, 11) is 0. The van der Waals surface area contributed by atoms with E-state index in [-0.39, 0.29) is 11.5 Å². The zero-order chi connectivity index (χ0) is 18.0. The van der Waals surface area contributed by atoms with Crippen LogP contribution in [-0.4, -0.2) is 27.9 Å². The molecule has 2 heterocycles. The number of alkyl halides is 3. The van der Waals surface area contributed by atoms with Gasteiger partial charge in [-0.1, -0.05) is 0 Å². The number of nitriles is 1. The molecule has 1 aliphatic heterocycles. The molecule has 3 rings (SSSR count). The van der Waals surface area contributed by atoms with Gasteiger partial charge in [0, 0.05) is 31.2 Å². The van der Waals surface area contributed by atoms with Crippen LogP contribution in [0, 0.1) is 11.3 Å². The van der Waals surface area contributed by atoms with Gasteiger partial charge < -0.3 is 9.47 Å². The van der Waals surface area contributed by atoms with E-state index < -0.39 is 11.7 Å². The number of aromatic nitrogens is 3. The molecule has 1 aromatic heterocycles. The molecule has 0 unspecified atom stereocenters. The molecule has 0 spiro atoms. The van der Waals surface area contributed by atoms with Crippen molar-refractivity contribution in [3.63, 3.8) is 0 Å². The summed E-state index contributed by atoms with van der Waals surface area (Å²) in [5, 5.41) is 17.2. The third-order valence-corrected chi connectivity index (χ3v) is 4.57. The Morgan fingerprint density at radius 1 is 1.36 bits per heavy atom. The van der Waals surface area contributed by atoms with E-state index in [4.69, 9.17) is 5.26 Å². The molecule has 0 N–H and O–H groups in total. The first kappa shape index (κ1) is 17.3. The number of rotatable bonds is 3. The molecule has 0 saturated carbocycles. The summed E-state index contributed by atoms with van der Waals surface area (Å²) in [5.74, 6) is 1.07. The normalized spacial score (nSPS) is 18.2. The van der Waals surface area contributed by atoms with Crippen LogP contribution in [0.5, 0.6) is 0 Å². The zero-order valence-electron chi connectivity index (χ0n) is 13.8. The van der Waals surface area contributed by atoms with E-state index in [9.17, 15) is 13.2 Å². The smallest absolute Gasteiger partial charge is 0.371 e. The number of hydrogen-bond acceptors (Lipinski definition) is 4. The van der Waals surface area contributed by atoms with Crippen LogP contribution in [0.15, 0.2) is 24.5 Å². The van der Waals surface area contributed by atoms with Crippen molar-refractivity contribution < 1.29 is 13.2 Å². The molecule has 0 aliphatic carbocycles. The summed E-state index contributed by atoms with van der Waals surface area (Å²) >= 11 is 0. The fourth-order valence-corrected chi connectivity index (χ4v) is 3.31. The molecular weight excluding hydrogens is 331 g/mol. The van der Waals surface area contributed by atoms with Crippen LogP contribution in [-0.2, 0) is 12.7 Å². The highest BCUT2D eigenvalue weighted by molar-refractivity contribution is 5.55. The Bertz CT molecular complexity index is 790. The maximum absolute atomic E-state index is 13.0. The van der Waals surface area contributed by atoms with E-state index >= 15 is 0 Å². The quantitative estimate of drug-likeness (QED) is 0.850. The predicted octanol–water partition coefficient (Wildman–Crippen LogP) is 3.57. The van der Waals surface area contributed by atoms with Crippen LogP contribution >= 0.6 is 0 Å². The number of halogens is 3. The number of benzene rings is 1. The first-order chi connectivity index (χ1) is 11.9. The second-order valence-electron chi connectivity index (χ2n) is 6.10. The molecule has 8 heteroatoms. The van der Waals surface area contributed by atoms with Crippen molar-refractivity contribution in [3.8, 4) is 6.07 Å². The Hall–Kier alpha value is -2.56. The van der Waals surface area contributed by atoms with Crippen LogP contribution in [0.4, 0.5) is 18.9 Å². The maximum Gasteiger partial charge on any atom is 0.417 e. The largest absolute Gasteiger partial charge is 0.417 e. The van der Waals surface area contributed by atoms with Crippen molar-refractivity contribution in [2.45, 2.75) is 38.4 Å². The van der Waals surface area contributed by atoms with Gasteiger partial charge in [0.15, 0.2) is 0 Å². The van der Waals surface area contributed by atoms with Gasteiger partial charge in [-0.2, -0.15) is 18.4 Å². The second-order valence-corrected chi connectivity index (χ2v) is 6.10. The van der Waals surface area contributed by atoms with Gasteiger partial charge in [-0.15, -0.1) is 10.2 Å². The summed E-state index contributed by atoms with van der Waals surface area (Å²) < 4.78 is 40.9. The summed E-state index contributed by atoms with van der Waals surface area (Å²) in [6.45, 7) is 4.18. The Morgan fingerprint density at radius 2 is 2.16 bits per heavy atom. The van der Waals surface area contributed by atoms with Gasteiger partial charge in [0.25, 0.3) is 0 Å². The van der Waals surface area contributed by atoms with E-state index in [1.54, 1.807) is 12.4 Å². The molecule has 2 aromatic rings. The molecule has 5 nitrogen and oxygen atoms in total. The summed E-state index contributed by atoms with van der Waals surface area (Å²) in [6, 6.07) is 5.43. The van der Waals surface area contributed by atoms with Crippen molar-refractivity contribution >= 4 is 5.69 Å². The molecule has 1 saturated heterocycles. The first-order valence-electron chi connectivity index (χ1n) is 8.18. The van der Waals surface area contributed by atoms with E-state index in [1.165, 1.54) is 12.1 Å². The molecule has 0 amide bonds. The van der Waals surface area contributed by atoms with Crippen LogP contribution in [0.1, 0.15) is 42.6 Å². The molecule has 1 atom stereocenters. The monoisotopic (exact) mass is 349 g/mol. The summed E-state index contributed by atoms with van der Waals surface area (Å²) in [5.41, 5.74) is -0.598. The minimum absolute atomic E-state index is 0.170. The standard InChI is InChI=1S/C17H18F3N5/c1-2-24-11-22-23-16(24)12-4-3-7-25(10-12)14-5-6-15(17(18,19)20)13(8-14)9-21/h5-6,8,11-12H,2-4,7,10H2,1H3/t12-/m1/s1. The number of aryl methyl sites for hydroxylation is 1. The van der Waals surface area contributed by atoms with E-state index in [0.717, 1.165) is 37.8 Å². The Kier molecular flexibility index (Phi) is 4.66. The maximum atomic E-state index is 13.0. The van der Waals surface area contributed by atoms with Crippen LogP contribution in [0.2, 0.25) is 0 Å². The topological polar surface area (TPSA) is 57.7 Å². The van der Waals surface area contributed by atoms with Gasteiger partial charge in [-0.25, -0.2) is 0 Å². The number of anilines is 1. The predicted molar refractivity (Wildman–Crippen MR) is 86.0 cm³/mol. The van der Waals surface area contributed by atoms with Gasteiger partial charge in [-0.05, 0) is 38.0 Å². The highest BCUT2D eigenvalue weighted by Crippen LogP contribution is 2.35. The van der Waals surface area contributed by atoms with Gasteiger partial charge in [0.1, 0.15) is 12.2 Å². The number of piperidine rings is 1. The lowest BCUT2D eigenvalue weighted by atomic mass is 9.96. The van der Waals surface area contributed by atoms with Crippen molar-refractivity contribution in [2.75, 3.05) is 18.0 Å². The van der Waals surface area contributed by atoms with E-state index in [0.29, 0.717) is 12.2 Å².